The van der Waals surface area contributed by atoms with E-state index in [1.54, 1.807) is 13.2 Å². The van der Waals surface area contributed by atoms with Crippen LogP contribution < -0.4 is 9.47 Å². The van der Waals surface area contributed by atoms with Gasteiger partial charge in [-0.2, -0.15) is 0 Å². The number of amides is 1. The summed E-state index contributed by atoms with van der Waals surface area (Å²) < 4.78 is 11.1. The van der Waals surface area contributed by atoms with Crippen molar-refractivity contribution in [2.75, 3.05) is 26.8 Å². The predicted octanol–water partition coefficient (Wildman–Crippen LogP) is 3.36. The Hall–Kier alpha value is -1.71. The molecule has 1 saturated heterocycles. The molecule has 0 unspecified atom stereocenters. The number of rotatable bonds is 6. The van der Waals surface area contributed by atoms with Gasteiger partial charge in [0.15, 0.2) is 11.5 Å². The second-order valence-electron chi connectivity index (χ2n) is 5.90. The molecule has 0 spiro atoms. The zero-order chi connectivity index (χ0) is 15.2. The van der Waals surface area contributed by atoms with E-state index in [0.29, 0.717) is 29.6 Å². The lowest BCUT2D eigenvalue weighted by Crippen LogP contribution is -2.27. The minimum atomic E-state index is 0.0829. The molecule has 1 aromatic rings. The quantitative estimate of drug-likeness (QED) is 0.806. The zero-order valence-electron chi connectivity index (χ0n) is 13.2. The van der Waals surface area contributed by atoms with Crippen molar-refractivity contribution in [2.45, 2.75) is 33.1 Å². The molecule has 1 aliphatic heterocycles. The molecule has 1 aliphatic rings. The number of hydrogen-bond donors (Lipinski definition) is 0. The molecule has 0 radical (unpaired) electrons. The molecule has 0 aromatic heterocycles. The summed E-state index contributed by atoms with van der Waals surface area (Å²) in [7, 11) is 1.61. The molecule has 0 aliphatic carbocycles. The molecule has 21 heavy (non-hydrogen) atoms. The Balaban J connectivity index is 2.06. The minimum Gasteiger partial charge on any atom is -0.493 e. The van der Waals surface area contributed by atoms with Crippen molar-refractivity contribution >= 4 is 5.91 Å². The third-order valence-electron chi connectivity index (χ3n) is 3.76. The van der Waals surface area contributed by atoms with Gasteiger partial charge in [-0.15, -0.1) is 0 Å². The number of carbonyl (C=O) groups is 1. The number of methoxy groups -OCH3 is 1. The number of benzene rings is 1. The fourth-order valence-corrected chi connectivity index (χ4v) is 2.43. The standard InChI is InChI=1S/C17H25NO3/c1-13(2)8-11-21-15-7-6-14(12-16(15)20-3)17(19)18-9-4-5-10-18/h6-7,12-13H,4-5,8-11H2,1-3H3. The van der Waals surface area contributed by atoms with E-state index in [-0.39, 0.29) is 5.91 Å². The van der Waals surface area contributed by atoms with Crippen molar-refractivity contribution in [3.63, 3.8) is 0 Å². The van der Waals surface area contributed by atoms with Crippen molar-refractivity contribution in [1.82, 2.24) is 4.90 Å². The number of nitrogens with zero attached hydrogens (tertiary/aromatic N) is 1. The largest absolute Gasteiger partial charge is 0.493 e. The monoisotopic (exact) mass is 291 g/mol. The van der Waals surface area contributed by atoms with Crippen LogP contribution in [0, 0.1) is 5.92 Å². The van der Waals surface area contributed by atoms with Crippen molar-refractivity contribution in [1.29, 1.82) is 0 Å². The van der Waals surface area contributed by atoms with Crippen molar-refractivity contribution in [2.24, 2.45) is 5.92 Å². The minimum absolute atomic E-state index is 0.0829. The van der Waals surface area contributed by atoms with Gasteiger partial charge in [-0.3, -0.25) is 4.79 Å². The van der Waals surface area contributed by atoms with Crippen molar-refractivity contribution < 1.29 is 14.3 Å². The molecule has 1 heterocycles. The highest BCUT2D eigenvalue weighted by Crippen LogP contribution is 2.29. The average Bonchev–Trinajstić information content (AvgIpc) is 3.00. The maximum absolute atomic E-state index is 12.4. The molecule has 0 atom stereocenters. The zero-order valence-corrected chi connectivity index (χ0v) is 13.2. The first-order valence-corrected chi connectivity index (χ1v) is 7.72. The summed E-state index contributed by atoms with van der Waals surface area (Å²) in [6, 6.07) is 5.45. The summed E-state index contributed by atoms with van der Waals surface area (Å²) >= 11 is 0. The number of likely N-dealkylation sites (tertiary alicyclic amines) is 1. The van der Waals surface area contributed by atoms with Gasteiger partial charge < -0.3 is 14.4 Å². The summed E-state index contributed by atoms with van der Waals surface area (Å²) in [6.07, 6.45) is 3.19. The molecule has 0 N–H and O–H groups in total. The van der Waals surface area contributed by atoms with Crippen LogP contribution in [0.4, 0.5) is 0 Å². The van der Waals surface area contributed by atoms with Gasteiger partial charge in [0.25, 0.3) is 5.91 Å². The highest BCUT2D eigenvalue weighted by atomic mass is 16.5. The van der Waals surface area contributed by atoms with Crippen LogP contribution in [-0.4, -0.2) is 37.6 Å². The molecule has 0 saturated carbocycles. The summed E-state index contributed by atoms with van der Waals surface area (Å²) in [4.78, 5) is 14.3. The fraction of sp³-hybridized carbons (Fsp3) is 0.588. The van der Waals surface area contributed by atoms with Crippen LogP contribution in [0.25, 0.3) is 0 Å². The van der Waals surface area contributed by atoms with Crippen molar-refractivity contribution in [3.05, 3.63) is 23.8 Å². The first-order valence-electron chi connectivity index (χ1n) is 7.72. The summed E-state index contributed by atoms with van der Waals surface area (Å²) in [5, 5.41) is 0. The second-order valence-corrected chi connectivity index (χ2v) is 5.90. The van der Waals surface area contributed by atoms with Gasteiger partial charge in [-0.1, -0.05) is 13.8 Å². The van der Waals surface area contributed by atoms with Crippen LogP contribution in [0.1, 0.15) is 43.5 Å². The van der Waals surface area contributed by atoms with E-state index < -0.39 is 0 Å². The molecular weight excluding hydrogens is 266 g/mol. The van der Waals surface area contributed by atoms with Crippen LogP contribution in [-0.2, 0) is 0 Å². The third kappa shape index (κ3) is 4.13. The van der Waals surface area contributed by atoms with Crippen LogP contribution in [0.3, 0.4) is 0 Å². The highest BCUT2D eigenvalue weighted by molar-refractivity contribution is 5.95. The highest BCUT2D eigenvalue weighted by Gasteiger charge is 2.20. The predicted molar refractivity (Wildman–Crippen MR) is 83.1 cm³/mol. The van der Waals surface area contributed by atoms with Gasteiger partial charge in [0, 0.05) is 18.7 Å². The Morgan fingerprint density at radius 2 is 1.95 bits per heavy atom. The van der Waals surface area contributed by atoms with E-state index in [1.165, 1.54) is 0 Å². The van der Waals surface area contributed by atoms with Crippen LogP contribution in [0.5, 0.6) is 11.5 Å². The Bertz CT molecular complexity index is 479. The summed E-state index contributed by atoms with van der Waals surface area (Å²) in [6.45, 7) is 6.70. The number of ether oxygens (including phenoxy) is 2. The Morgan fingerprint density at radius 1 is 1.24 bits per heavy atom. The Labute approximate surface area is 127 Å². The SMILES string of the molecule is COc1cc(C(=O)N2CCCC2)ccc1OCCC(C)C. The Kier molecular flexibility index (Phi) is 5.48. The van der Waals surface area contributed by atoms with Gasteiger partial charge in [-0.05, 0) is 43.4 Å². The fourth-order valence-electron chi connectivity index (χ4n) is 2.43. The van der Waals surface area contributed by atoms with E-state index >= 15 is 0 Å². The smallest absolute Gasteiger partial charge is 0.253 e. The molecule has 1 aromatic carbocycles. The van der Waals surface area contributed by atoms with Gasteiger partial charge >= 0.3 is 0 Å². The first-order chi connectivity index (χ1) is 10.1. The molecule has 0 bridgehead atoms. The average molecular weight is 291 g/mol. The van der Waals surface area contributed by atoms with Crippen LogP contribution in [0.2, 0.25) is 0 Å². The lowest BCUT2D eigenvalue weighted by molar-refractivity contribution is 0.0792. The lowest BCUT2D eigenvalue weighted by atomic mass is 10.1. The van der Waals surface area contributed by atoms with Crippen molar-refractivity contribution in [3.8, 4) is 11.5 Å². The molecule has 1 fully saturated rings. The van der Waals surface area contributed by atoms with Crippen LogP contribution >= 0.6 is 0 Å². The van der Waals surface area contributed by atoms with Gasteiger partial charge in [0.1, 0.15) is 0 Å². The number of hydrogen-bond acceptors (Lipinski definition) is 3. The first kappa shape index (κ1) is 15.7. The van der Waals surface area contributed by atoms with Gasteiger partial charge in [-0.25, -0.2) is 0 Å². The number of carbonyl (C=O) groups excluding carboxylic acids is 1. The molecule has 116 valence electrons. The molecule has 4 heteroatoms. The van der Waals surface area contributed by atoms with E-state index in [1.807, 2.05) is 17.0 Å². The molecule has 2 rings (SSSR count). The van der Waals surface area contributed by atoms with E-state index in [2.05, 4.69) is 13.8 Å². The van der Waals surface area contributed by atoms with Gasteiger partial charge in [0.2, 0.25) is 0 Å². The van der Waals surface area contributed by atoms with Gasteiger partial charge in [0.05, 0.1) is 13.7 Å². The maximum atomic E-state index is 12.4. The topological polar surface area (TPSA) is 38.8 Å². The van der Waals surface area contributed by atoms with Crippen LogP contribution in [0.15, 0.2) is 18.2 Å². The normalized spacial score (nSPS) is 14.6. The third-order valence-corrected chi connectivity index (χ3v) is 3.76. The Morgan fingerprint density at radius 3 is 2.57 bits per heavy atom. The van der Waals surface area contributed by atoms with E-state index in [4.69, 9.17) is 9.47 Å². The lowest BCUT2D eigenvalue weighted by Gasteiger charge is -2.17. The van der Waals surface area contributed by atoms with E-state index in [9.17, 15) is 4.79 Å². The summed E-state index contributed by atoms with van der Waals surface area (Å²) in [5.74, 6) is 2.02. The second kappa shape index (κ2) is 7.34. The molecule has 1 amide bonds. The summed E-state index contributed by atoms with van der Waals surface area (Å²) in [5.41, 5.74) is 0.671. The molecule has 4 nitrogen and oxygen atoms in total. The molecular formula is C17H25NO3. The maximum Gasteiger partial charge on any atom is 0.253 e. The van der Waals surface area contributed by atoms with E-state index in [0.717, 1.165) is 32.4 Å².